The highest BCUT2D eigenvalue weighted by Crippen LogP contribution is 2.42. The first-order valence-corrected chi connectivity index (χ1v) is 14.2. The average molecular weight is 480 g/mol. The highest BCUT2D eigenvalue weighted by Gasteiger charge is 2.55. The van der Waals surface area contributed by atoms with E-state index in [4.69, 9.17) is 18.6 Å². The second-order valence-corrected chi connectivity index (χ2v) is 15.1. The van der Waals surface area contributed by atoms with E-state index in [2.05, 4.69) is 87.5 Å². The first kappa shape index (κ1) is 25.1. The third kappa shape index (κ3) is 4.86. The predicted octanol–water partition coefficient (Wildman–Crippen LogP) is 4.40. The Morgan fingerprint density at radius 2 is 1.59 bits per heavy atom. The number of nitriles is 1. The Labute approximate surface area is 205 Å². The number of hydrogen-bond donors (Lipinski definition) is 0. The first-order chi connectivity index (χ1) is 16.2. The minimum absolute atomic E-state index is 0.0591. The molecule has 4 unspecified atom stereocenters. The largest absolute Gasteiger partial charge is 0.402 e. The monoisotopic (exact) mass is 479 g/mol. The lowest BCUT2D eigenvalue weighted by atomic mass is 9.91. The Morgan fingerprint density at radius 3 is 2.06 bits per heavy atom. The number of ether oxygens (including phenoxy) is 3. The lowest BCUT2D eigenvalue weighted by Gasteiger charge is -2.45. The van der Waals surface area contributed by atoms with Gasteiger partial charge in [0.2, 0.25) is 0 Å². The summed E-state index contributed by atoms with van der Waals surface area (Å²) in [5.41, 5.74) is 0. The van der Waals surface area contributed by atoms with Crippen LogP contribution in [0, 0.1) is 17.2 Å². The summed E-state index contributed by atoms with van der Waals surface area (Å²) in [5, 5.41) is 11.8. The van der Waals surface area contributed by atoms with Gasteiger partial charge in [-0.25, -0.2) is 0 Å². The minimum atomic E-state index is -2.73. The zero-order valence-corrected chi connectivity index (χ0v) is 22.0. The normalized spacial score (nSPS) is 26.9. The summed E-state index contributed by atoms with van der Waals surface area (Å²) in [6.07, 6.45) is 0.730. The molecule has 0 aliphatic carbocycles. The van der Waals surface area contributed by atoms with Crippen LogP contribution in [0.15, 0.2) is 60.7 Å². The molecule has 4 rings (SSSR count). The van der Waals surface area contributed by atoms with E-state index in [9.17, 15) is 5.26 Å². The Kier molecular flexibility index (Phi) is 7.32. The summed E-state index contributed by atoms with van der Waals surface area (Å²) in [5.74, 6) is -0.561. The van der Waals surface area contributed by atoms with Crippen LogP contribution in [0.25, 0.3) is 0 Å². The molecular formula is C28H37NO4Si. The van der Waals surface area contributed by atoms with Gasteiger partial charge in [0.15, 0.2) is 5.79 Å². The second kappa shape index (κ2) is 9.92. The van der Waals surface area contributed by atoms with Crippen LogP contribution in [0.4, 0.5) is 0 Å². The fourth-order valence-electron chi connectivity index (χ4n) is 5.55. The third-order valence-electron chi connectivity index (χ3n) is 7.08. The van der Waals surface area contributed by atoms with Crippen molar-refractivity contribution in [1.82, 2.24) is 0 Å². The maximum atomic E-state index is 9.39. The maximum Gasteiger partial charge on any atom is 0.261 e. The molecule has 2 saturated heterocycles. The molecule has 0 saturated carbocycles. The maximum absolute atomic E-state index is 9.39. The van der Waals surface area contributed by atoms with Crippen molar-refractivity contribution in [2.45, 2.75) is 76.6 Å². The molecule has 2 fully saturated rings. The van der Waals surface area contributed by atoms with Crippen molar-refractivity contribution in [3.8, 4) is 6.07 Å². The molecule has 0 bridgehead atoms. The molecule has 2 aliphatic rings. The Morgan fingerprint density at radius 1 is 1.00 bits per heavy atom. The van der Waals surface area contributed by atoms with E-state index in [-0.39, 0.29) is 29.3 Å². The molecule has 2 aromatic carbocycles. The van der Waals surface area contributed by atoms with Crippen molar-refractivity contribution in [3.63, 3.8) is 0 Å². The van der Waals surface area contributed by atoms with Crippen molar-refractivity contribution in [2.75, 3.05) is 13.2 Å². The van der Waals surface area contributed by atoms with E-state index in [1.165, 1.54) is 10.4 Å². The SMILES string of the molecule is CC1(C)OCC(C2OCC(O[Si](c3ccccc3)(c3ccccc3)C(C)(C)C)C2CCC#N)O1. The quantitative estimate of drug-likeness (QED) is 0.551. The molecule has 5 nitrogen and oxygen atoms in total. The fourth-order valence-corrected chi connectivity index (χ4v) is 10.3. The van der Waals surface area contributed by atoms with Crippen LogP contribution < -0.4 is 10.4 Å². The van der Waals surface area contributed by atoms with Crippen LogP contribution in [0.1, 0.15) is 47.5 Å². The fraction of sp³-hybridized carbons (Fsp3) is 0.536. The van der Waals surface area contributed by atoms with Gasteiger partial charge in [0, 0.05) is 12.3 Å². The lowest BCUT2D eigenvalue weighted by molar-refractivity contribution is -0.155. The number of benzene rings is 2. The zero-order valence-electron chi connectivity index (χ0n) is 21.0. The van der Waals surface area contributed by atoms with Crippen molar-refractivity contribution in [3.05, 3.63) is 60.7 Å². The lowest BCUT2D eigenvalue weighted by Crippen LogP contribution is -2.68. The van der Waals surface area contributed by atoms with E-state index < -0.39 is 14.1 Å². The van der Waals surface area contributed by atoms with Crippen LogP contribution in [0.3, 0.4) is 0 Å². The van der Waals surface area contributed by atoms with E-state index in [0.717, 1.165) is 0 Å². The molecule has 0 aromatic heterocycles. The Bertz CT molecular complexity index is 943. The van der Waals surface area contributed by atoms with Gasteiger partial charge in [-0.2, -0.15) is 5.26 Å². The van der Waals surface area contributed by atoms with Gasteiger partial charge < -0.3 is 18.6 Å². The van der Waals surface area contributed by atoms with Gasteiger partial charge in [-0.3, -0.25) is 0 Å². The van der Waals surface area contributed by atoms with E-state index in [1.54, 1.807) is 0 Å². The summed E-state index contributed by atoms with van der Waals surface area (Å²) in [6.45, 7) is 11.7. The molecule has 2 aliphatic heterocycles. The molecule has 0 amide bonds. The molecule has 2 heterocycles. The van der Waals surface area contributed by atoms with Gasteiger partial charge >= 0.3 is 0 Å². The van der Waals surface area contributed by atoms with Crippen molar-refractivity contribution >= 4 is 18.7 Å². The standard InChI is InChI=1S/C28H37NO4Si/c1-27(2,3)34(21-13-8-6-9-14-21,22-15-10-7-11-16-22)33-24-19-30-26(23(24)17-12-18-29)25-20-31-28(4,5)32-25/h6-11,13-16,23-26H,12,17,19-20H2,1-5H3. The summed E-state index contributed by atoms with van der Waals surface area (Å²) in [6, 6.07) is 23.7. The number of hydrogen-bond acceptors (Lipinski definition) is 5. The molecule has 4 atom stereocenters. The molecule has 34 heavy (non-hydrogen) atoms. The molecule has 0 N–H and O–H groups in total. The van der Waals surface area contributed by atoms with E-state index in [1.807, 2.05) is 13.8 Å². The minimum Gasteiger partial charge on any atom is -0.402 e. The third-order valence-corrected chi connectivity index (χ3v) is 12.1. The van der Waals surface area contributed by atoms with Gasteiger partial charge in [0.1, 0.15) is 6.10 Å². The van der Waals surface area contributed by atoms with Crippen LogP contribution in [-0.4, -0.2) is 45.6 Å². The molecule has 2 aromatic rings. The summed E-state index contributed by atoms with van der Waals surface area (Å²) < 4.78 is 25.8. The summed E-state index contributed by atoms with van der Waals surface area (Å²) in [4.78, 5) is 0. The van der Waals surface area contributed by atoms with Crippen LogP contribution >= 0.6 is 0 Å². The van der Waals surface area contributed by atoms with Crippen LogP contribution in [-0.2, 0) is 18.6 Å². The highest BCUT2D eigenvalue weighted by molar-refractivity contribution is 6.99. The molecule has 0 radical (unpaired) electrons. The van der Waals surface area contributed by atoms with Gasteiger partial charge in [0.05, 0.1) is 31.5 Å². The summed E-state index contributed by atoms with van der Waals surface area (Å²) in [7, 11) is -2.73. The van der Waals surface area contributed by atoms with Gasteiger partial charge in [-0.15, -0.1) is 0 Å². The highest BCUT2D eigenvalue weighted by atomic mass is 28.4. The molecule has 0 spiro atoms. The Balaban J connectivity index is 1.74. The van der Waals surface area contributed by atoms with Crippen molar-refractivity contribution in [1.29, 1.82) is 5.26 Å². The van der Waals surface area contributed by atoms with Crippen LogP contribution in [0.2, 0.25) is 5.04 Å². The second-order valence-electron chi connectivity index (χ2n) is 10.8. The predicted molar refractivity (Wildman–Crippen MR) is 135 cm³/mol. The van der Waals surface area contributed by atoms with Gasteiger partial charge in [-0.1, -0.05) is 81.4 Å². The Hall–Kier alpha value is -2.01. The van der Waals surface area contributed by atoms with Gasteiger partial charge in [-0.05, 0) is 35.7 Å². The number of nitrogens with zero attached hydrogens (tertiary/aromatic N) is 1. The topological polar surface area (TPSA) is 60.7 Å². The first-order valence-electron chi connectivity index (χ1n) is 12.3. The van der Waals surface area contributed by atoms with E-state index in [0.29, 0.717) is 26.1 Å². The average Bonchev–Trinajstić information content (AvgIpc) is 3.38. The molecule has 182 valence electrons. The molecule has 6 heteroatoms. The van der Waals surface area contributed by atoms with Crippen LogP contribution in [0.5, 0.6) is 0 Å². The van der Waals surface area contributed by atoms with Gasteiger partial charge in [0.25, 0.3) is 8.32 Å². The van der Waals surface area contributed by atoms with Crippen molar-refractivity contribution in [2.24, 2.45) is 5.92 Å². The zero-order chi connectivity index (χ0) is 24.4. The van der Waals surface area contributed by atoms with Crippen molar-refractivity contribution < 1.29 is 18.6 Å². The van der Waals surface area contributed by atoms with E-state index >= 15 is 0 Å². The summed E-state index contributed by atoms with van der Waals surface area (Å²) >= 11 is 0. The number of rotatable bonds is 7. The molecular weight excluding hydrogens is 442 g/mol. The smallest absolute Gasteiger partial charge is 0.261 e.